The number of aromatic nitrogens is 7. The highest BCUT2D eigenvalue weighted by Gasteiger charge is 2.18. The summed E-state index contributed by atoms with van der Waals surface area (Å²) >= 11 is 0. The molecule has 0 spiro atoms. The van der Waals surface area contributed by atoms with Crippen molar-refractivity contribution in [1.29, 1.82) is 0 Å². The summed E-state index contributed by atoms with van der Waals surface area (Å²) in [5.41, 5.74) is 5.55. The summed E-state index contributed by atoms with van der Waals surface area (Å²) < 4.78 is 40.0. The van der Waals surface area contributed by atoms with Crippen molar-refractivity contribution in [3.05, 3.63) is 72.6 Å². The van der Waals surface area contributed by atoms with Crippen molar-refractivity contribution in [3.63, 3.8) is 0 Å². The largest absolute Gasteiger partial charge is 0.336 e. The number of halogens is 1. The fraction of sp³-hybridized carbons (Fsp3) is 0.172. The second-order valence-corrected chi connectivity index (χ2v) is 12.4. The molecule has 44 heavy (non-hydrogen) atoms. The molecule has 0 saturated carbocycles. The summed E-state index contributed by atoms with van der Waals surface area (Å²) in [5.74, 6) is -0.244. The van der Waals surface area contributed by atoms with Crippen LogP contribution in [0, 0.1) is 5.82 Å². The summed E-state index contributed by atoms with van der Waals surface area (Å²) in [6.45, 7) is 0.173. The van der Waals surface area contributed by atoms with Gasteiger partial charge in [0, 0.05) is 41.8 Å². The van der Waals surface area contributed by atoms with E-state index in [2.05, 4.69) is 40.2 Å². The maximum atomic E-state index is 14.6. The van der Waals surface area contributed by atoms with Crippen LogP contribution in [0.1, 0.15) is 5.56 Å². The summed E-state index contributed by atoms with van der Waals surface area (Å²) in [7, 11) is 0.171. The van der Waals surface area contributed by atoms with Crippen molar-refractivity contribution in [3.8, 4) is 33.9 Å². The van der Waals surface area contributed by atoms with Crippen molar-refractivity contribution >= 4 is 43.7 Å². The van der Waals surface area contributed by atoms with E-state index in [1.807, 2.05) is 26.2 Å². The van der Waals surface area contributed by atoms with Gasteiger partial charge in [0.05, 0.1) is 41.3 Å². The lowest BCUT2D eigenvalue weighted by Gasteiger charge is -2.10. The van der Waals surface area contributed by atoms with Gasteiger partial charge in [0.25, 0.3) is 0 Å². The van der Waals surface area contributed by atoms with Crippen molar-refractivity contribution in [1.82, 2.24) is 44.7 Å². The molecule has 0 bridgehead atoms. The third-order valence-corrected chi connectivity index (χ3v) is 7.30. The van der Waals surface area contributed by atoms with Crippen molar-refractivity contribution in [2.45, 2.75) is 6.54 Å². The number of imidazole rings is 1. The highest BCUT2D eigenvalue weighted by Crippen LogP contribution is 2.32. The van der Waals surface area contributed by atoms with Gasteiger partial charge in [-0.25, -0.2) is 27.5 Å². The lowest BCUT2D eigenvalue weighted by Crippen LogP contribution is -2.27. The maximum absolute atomic E-state index is 14.6. The van der Waals surface area contributed by atoms with Gasteiger partial charge in [-0.3, -0.25) is 19.9 Å². The maximum Gasteiger partial charge on any atom is 0.238 e. The monoisotopic (exact) mass is 614 g/mol. The molecule has 4 N–H and O–H groups in total. The Kier molecular flexibility index (Phi) is 7.59. The van der Waals surface area contributed by atoms with Crippen molar-refractivity contribution in [2.75, 3.05) is 32.2 Å². The van der Waals surface area contributed by atoms with Crippen LogP contribution < -0.4 is 10.0 Å². The van der Waals surface area contributed by atoms with Gasteiger partial charge in [-0.15, -0.1) is 0 Å². The zero-order chi connectivity index (χ0) is 31.0. The zero-order valence-electron chi connectivity index (χ0n) is 23.9. The molecule has 1 aromatic carbocycles. The Balaban J connectivity index is 1.36. The van der Waals surface area contributed by atoms with Gasteiger partial charge in [-0.05, 0) is 56.1 Å². The number of nitrogens with zero attached hydrogens (tertiary/aromatic N) is 6. The number of rotatable bonds is 9. The van der Waals surface area contributed by atoms with E-state index in [1.165, 1.54) is 12.1 Å². The van der Waals surface area contributed by atoms with Crippen molar-refractivity contribution in [2.24, 2.45) is 0 Å². The molecule has 0 saturated heterocycles. The molecule has 5 aromatic heterocycles. The van der Waals surface area contributed by atoms with E-state index in [1.54, 1.807) is 41.8 Å². The molecule has 0 aliphatic heterocycles. The number of carbonyl (C=O) groups excluding carboxylic acids is 1. The molecule has 0 fully saturated rings. The predicted molar refractivity (Wildman–Crippen MR) is 164 cm³/mol. The number of pyridine rings is 3. The number of hydrogen-bond acceptors (Lipinski definition) is 9. The molecule has 0 unspecified atom stereocenters. The molecule has 224 valence electrons. The minimum absolute atomic E-state index is 0.0686. The molecule has 13 nitrogen and oxygen atoms in total. The van der Waals surface area contributed by atoms with Gasteiger partial charge >= 0.3 is 0 Å². The molecule has 0 aliphatic rings. The number of hydrogen-bond donors (Lipinski definition) is 4. The Morgan fingerprint density at radius 2 is 1.82 bits per heavy atom. The van der Waals surface area contributed by atoms with Crippen LogP contribution in [0.15, 0.2) is 61.2 Å². The third kappa shape index (κ3) is 6.29. The number of sulfonamides is 1. The van der Waals surface area contributed by atoms with E-state index in [0.29, 0.717) is 56.1 Å². The lowest BCUT2D eigenvalue weighted by atomic mass is 10.1. The molecule has 5 heterocycles. The quantitative estimate of drug-likeness (QED) is 0.190. The fourth-order valence-electron chi connectivity index (χ4n) is 4.76. The number of nitrogens with one attached hydrogen (secondary N) is 4. The van der Waals surface area contributed by atoms with Crippen LogP contribution in [-0.4, -0.2) is 81.2 Å². The number of H-pyrrole nitrogens is 2. The standard InChI is InChI=1S/C29H27FN10O3S/c1-40(2)15-24(41)35-21-9-18(12-31-14-21)19-10-22-26(38-39-28(22)33-13-19)29-36-23-4-5-32-25(27(23)37-29)17-6-16(7-20(30)8-17)11-34-44(3,42)43/h4-10,12-14,34H,11,15H2,1-3H3,(H,35,41)(H,36,37)(H,33,38,39). The fourth-order valence-corrected chi connectivity index (χ4v) is 5.19. The van der Waals surface area contributed by atoms with Crippen LogP contribution in [0.25, 0.3) is 56.0 Å². The molecule has 0 atom stereocenters. The average Bonchev–Trinajstić information content (AvgIpc) is 3.59. The number of carbonyl (C=O) groups is 1. The smallest absolute Gasteiger partial charge is 0.238 e. The third-order valence-electron chi connectivity index (χ3n) is 6.63. The first-order chi connectivity index (χ1) is 21.0. The van der Waals surface area contributed by atoms with Gasteiger partial charge in [0.1, 0.15) is 17.0 Å². The minimum atomic E-state index is -3.46. The van der Waals surface area contributed by atoms with Gasteiger partial charge in [0.15, 0.2) is 11.5 Å². The zero-order valence-corrected chi connectivity index (χ0v) is 24.7. The average molecular weight is 615 g/mol. The van der Waals surface area contributed by atoms with Gasteiger partial charge in [-0.1, -0.05) is 0 Å². The van der Waals surface area contributed by atoms with Gasteiger partial charge in [-0.2, -0.15) is 5.10 Å². The van der Waals surface area contributed by atoms with E-state index < -0.39 is 15.8 Å². The Morgan fingerprint density at radius 3 is 2.61 bits per heavy atom. The molecule has 0 aliphatic carbocycles. The lowest BCUT2D eigenvalue weighted by molar-refractivity contribution is -0.116. The van der Waals surface area contributed by atoms with Crippen LogP contribution in [0.5, 0.6) is 0 Å². The van der Waals surface area contributed by atoms with Gasteiger partial charge in [0.2, 0.25) is 15.9 Å². The first-order valence-corrected chi connectivity index (χ1v) is 15.3. The van der Waals surface area contributed by atoms with E-state index in [9.17, 15) is 17.6 Å². The van der Waals surface area contributed by atoms with Crippen LogP contribution in [0.3, 0.4) is 0 Å². The van der Waals surface area contributed by atoms with Crippen LogP contribution >= 0.6 is 0 Å². The minimum Gasteiger partial charge on any atom is -0.336 e. The molecular formula is C29H27FN10O3S. The Bertz CT molecular complexity index is 2140. The molecule has 6 aromatic rings. The van der Waals surface area contributed by atoms with Crippen LogP contribution in [-0.2, 0) is 21.4 Å². The molecule has 15 heteroatoms. The topological polar surface area (TPSA) is 175 Å². The Labute approximate surface area is 251 Å². The van der Waals surface area contributed by atoms with E-state index in [-0.39, 0.29) is 19.0 Å². The SMILES string of the molecule is CN(C)CC(=O)Nc1cncc(-c2cnc3[nH]nc(-c4nc5c(-c6cc(F)cc(CNS(C)(=O)=O)c6)nccc5[nH]4)c3c2)c1. The molecule has 1 amide bonds. The summed E-state index contributed by atoms with van der Waals surface area (Å²) in [4.78, 5) is 35.3. The number of fused-ring (bicyclic) bond motifs is 2. The van der Waals surface area contributed by atoms with Crippen LogP contribution in [0.2, 0.25) is 0 Å². The predicted octanol–water partition coefficient (Wildman–Crippen LogP) is 3.31. The normalized spacial score (nSPS) is 11.9. The van der Waals surface area contributed by atoms with Crippen LogP contribution in [0.4, 0.5) is 10.1 Å². The van der Waals surface area contributed by atoms with E-state index in [4.69, 9.17) is 4.98 Å². The van der Waals surface area contributed by atoms with Crippen molar-refractivity contribution < 1.29 is 17.6 Å². The second-order valence-electron chi connectivity index (χ2n) is 10.5. The van der Waals surface area contributed by atoms with E-state index in [0.717, 1.165) is 17.4 Å². The summed E-state index contributed by atoms with van der Waals surface area (Å²) in [5, 5.41) is 10.9. The summed E-state index contributed by atoms with van der Waals surface area (Å²) in [6.07, 6.45) is 7.57. The Hall–Kier alpha value is -5.12. The van der Waals surface area contributed by atoms with E-state index >= 15 is 0 Å². The highest BCUT2D eigenvalue weighted by atomic mass is 32.2. The number of anilines is 1. The molecule has 6 rings (SSSR count). The first kappa shape index (κ1) is 29.0. The van der Waals surface area contributed by atoms with Gasteiger partial charge < -0.3 is 15.2 Å². The number of benzene rings is 1. The first-order valence-electron chi connectivity index (χ1n) is 13.4. The molecular weight excluding hydrogens is 587 g/mol. The second kappa shape index (κ2) is 11.5. The number of likely N-dealkylation sites (N-methyl/N-ethyl adjacent to an activating group) is 1. The Morgan fingerprint density at radius 1 is 1.00 bits per heavy atom. The molecule has 0 radical (unpaired) electrons. The number of amides is 1. The highest BCUT2D eigenvalue weighted by molar-refractivity contribution is 7.88. The number of aromatic amines is 2. The summed E-state index contributed by atoms with van der Waals surface area (Å²) in [6, 6.07) is 9.74.